The molecule has 0 unspecified atom stereocenters. The summed E-state index contributed by atoms with van der Waals surface area (Å²) in [5.74, 6) is -0.616. The minimum absolute atomic E-state index is 0.0827. The Morgan fingerprint density at radius 1 is 1.28 bits per heavy atom. The number of carbonyl (C=O) groups is 1. The minimum atomic E-state index is -4.71. The van der Waals surface area contributed by atoms with Gasteiger partial charge < -0.3 is 15.0 Å². The zero-order valence-electron chi connectivity index (χ0n) is 15.7. The molecule has 0 spiro atoms. The Morgan fingerprint density at radius 2 is 2.00 bits per heavy atom. The van der Waals surface area contributed by atoms with Crippen LogP contribution in [-0.2, 0) is 29.2 Å². The number of pyridine rings is 2. The third-order valence-electron chi connectivity index (χ3n) is 4.64. The normalized spacial score (nSPS) is 12.8. The summed E-state index contributed by atoms with van der Waals surface area (Å²) in [6.45, 7) is 0. The van der Waals surface area contributed by atoms with Crippen molar-refractivity contribution in [2.45, 2.75) is 18.6 Å². The molecule has 29 heavy (non-hydrogen) atoms. The van der Waals surface area contributed by atoms with E-state index in [2.05, 4.69) is 9.72 Å². The van der Waals surface area contributed by atoms with Gasteiger partial charge >= 0.3 is 12.1 Å². The number of benzene rings is 1. The quantitative estimate of drug-likeness (QED) is 0.675. The summed E-state index contributed by atoms with van der Waals surface area (Å²) in [6, 6.07) is 6.17. The molecule has 152 valence electrons. The first-order chi connectivity index (χ1) is 13.6. The standard InChI is InChI=1S/C20H18F3N3O3/c1-26-9-7-14(20(21,22)23)16(18(26)27)12-6-8-25-17-11(4-3-5-13(12)17)10-15(24)19(28)29-2/h3-9,15H,10,24H2,1-2H3/t15-/m0/s1. The van der Waals surface area contributed by atoms with E-state index in [0.29, 0.717) is 16.5 Å². The first-order valence-electron chi connectivity index (χ1n) is 8.62. The number of ether oxygens (including phenoxy) is 1. The number of para-hydroxylation sites is 1. The fraction of sp³-hybridized carbons (Fsp3) is 0.250. The second kappa shape index (κ2) is 7.67. The molecule has 0 fully saturated rings. The fourth-order valence-electron chi connectivity index (χ4n) is 3.22. The Bertz CT molecular complexity index is 1140. The molecular formula is C20H18F3N3O3. The zero-order chi connectivity index (χ0) is 21.3. The lowest BCUT2D eigenvalue weighted by molar-refractivity contribution is -0.142. The number of nitrogens with two attached hydrogens (primary N) is 1. The Balaban J connectivity index is 2.27. The molecule has 6 nitrogen and oxygen atoms in total. The second-order valence-corrected chi connectivity index (χ2v) is 6.52. The summed E-state index contributed by atoms with van der Waals surface area (Å²) in [6.07, 6.45) is -2.21. The van der Waals surface area contributed by atoms with Crippen LogP contribution in [0.15, 0.2) is 47.5 Å². The fourth-order valence-corrected chi connectivity index (χ4v) is 3.22. The monoisotopic (exact) mass is 405 g/mol. The molecule has 2 N–H and O–H groups in total. The van der Waals surface area contributed by atoms with Crippen molar-refractivity contribution >= 4 is 16.9 Å². The highest BCUT2D eigenvalue weighted by molar-refractivity contribution is 5.96. The number of methoxy groups -OCH3 is 1. The van der Waals surface area contributed by atoms with Crippen molar-refractivity contribution in [3.63, 3.8) is 0 Å². The highest BCUT2D eigenvalue weighted by atomic mass is 19.4. The third-order valence-corrected chi connectivity index (χ3v) is 4.64. The lowest BCUT2D eigenvalue weighted by atomic mass is 9.95. The van der Waals surface area contributed by atoms with Crippen LogP contribution in [0.5, 0.6) is 0 Å². The van der Waals surface area contributed by atoms with Crippen LogP contribution in [-0.4, -0.2) is 28.7 Å². The van der Waals surface area contributed by atoms with Crippen molar-refractivity contribution in [2.75, 3.05) is 7.11 Å². The highest BCUT2D eigenvalue weighted by Crippen LogP contribution is 2.37. The van der Waals surface area contributed by atoms with Gasteiger partial charge in [0, 0.05) is 31.2 Å². The van der Waals surface area contributed by atoms with E-state index in [9.17, 15) is 22.8 Å². The SMILES string of the molecule is COC(=O)[C@@H](N)Cc1cccc2c(-c3c(C(F)(F)F)ccn(C)c3=O)ccnc12. The van der Waals surface area contributed by atoms with Gasteiger partial charge in [-0.3, -0.25) is 14.6 Å². The maximum Gasteiger partial charge on any atom is 0.417 e. The molecule has 1 aromatic carbocycles. The van der Waals surface area contributed by atoms with Crippen LogP contribution in [0.3, 0.4) is 0 Å². The van der Waals surface area contributed by atoms with Crippen LogP contribution in [0.1, 0.15) is 11.1 Å². The Morgan fingerprint density at radius 3 is 2.66 bits per heavy atom. The third kappa shape index (κ3) is 3.86. The molecule has 0 aliphatic rings. The van der Waals surface area contributed by atoms with Gasteiger partial charge in [-0.05, 0) is 23.3 Å². The maximum absolute atomic E-state index is 13.6. The summed E-state index contributed by atoms with van der Waals surface area (Å²) < 4.78 is 46.5. The molecule has 3 rings (SSSR count). The van der Waals surface area contributed by atoms with Crippen molar-refractivity contribution in [1.82, 2.24) is 9.55 Å². The van der Waals surface area contributed by atoms with Crippen molar-refractivity contribution in [3.05, 3.63) is 64.2 Å². The van der Waals surface area contributed by atoms with E-state index in [0.717, 1.165) is 16.8 Å². The summed E-state index contributed by atoms with van der Waals surface area (Å²) >= 11 is 0. The Hall–Kier alpha value is -3.20. The van der Waals surface area contributed by atoms with E-state index in [4.69, 9.17) is 5.73 Å². The number of halogens is 3. The number of aryl methyl sites for hydroxylation is 1. The molecule has 9 heteroatoms. The van der Waals surface area contributed by atoms with Crippen LogP contribution < -0.4 is 11.3 Å². The molecule has 0 amide bonds. The lowest BCUT2D eigenvalue weighted by Gasteiger charge is -2.16. The predicted octanol–water partition coefficient (Wildman–Crippen LogP) is 2.66. The van der Waals surface area contributed by atoms with E-state index in [1.807, 2.05) is 0 Å². The molecule has 0 saturated heterocycles. The predicted molar refractivity (Wildman–Crippen MR) is 101 cm³/mol. The van der Waals surface area contributed by atoms with Crippen molar-refractivity contribution in [3.8, 4) is 11.1 Å². The van der Waals surface area contributed by atoms with Crippen molar-refractivity contribution < 1.29 is 22.7 Å². The molecule has 1 atom stereocenters. The first kappa shape index (κ1) is 20.5. The molecular weight excluding hydrogens is 387 g/mol. The van der Waals surface area contributed by atoms with Gasteiger partial charge in [0.25, 0.3) is 5.56 Å². The number of hydrogen-bond donors (Lipinski definition) is 1. The number of rotatable bonds is 4. The lowest BCUT2D eigenvalue weighted by Crippen LogP contribution is -2.33. The summed E-state index contributed by atoms with van der Waals surface area (Å²) in [7, 11) is 2.60. The van der Waals surface area contributed by atoms with Gasteiger partial charge in [-0.1, -0.05) is 18.2 Å². The van der Waals surface area contributed by atoms with Crippen molar-refractivity contribution in [2.24, 2.45) is 12.8 Å². The average molecular weight is 405 g/mol. The summed E-state index contributed by atoms with van der Waals surface area (Å²) in [4.78, 5) is 28.5. The molecule has 0 aliphatic heterocycles. The van der Waals surface area contributed by atoms with E-state index >= 15 is 0 Å². The van der Waals surface area contributed by atoms with Crippen LogP contribution in [0.2, 0.25) is 0 Å². The Kier molecular flexibility index (Phi) is 5.43. The number of aromatic nitrogens is 2. The molecule has 2 heterocycles. The van der Waals surface area contributed by atoms with Gasteiger partial charge in [0.2, 0.25) is 0 Å². The van der Waals surface area contributed by atoms with Gasteiger partial charge in [0.1, 0.15) is 6.04 Å². The van der Waals surface area contributed by atoms with Gasteiger partial charge in [-0.25, -0.2) is 0 Å². The minimum Gasteiger partial charge on any atom is -0.468 e. The summed E-state index contributed by atoms with van der Waals surface area (Å²) in [5, 5.41) is 0.357. The van der Waals surface area contributed by atoms with Gasteiger partial charge in [0.05, 0.1) is 23.8 Å². The first-order valence-corrected chi connectivity index (χ1v) is 8.62. The molecule has 3 aromatic rings. The maximum atomic E-state index is 13.6. The highest BCUT2D eigenvalue weighted by Gasteiger charge is 2.35. The number of esters is 1. The van der Waals surface area contributed by atoms with E-state index in [1.165, 1.54) is 26.4 Å². The largest absolute Gasteiger partial charge is 0.468 e. The molecule has 0 saturated carbocycles. The van der Waals surface area contributed by atoms with E-state index in [-0.39, 0.29) is 12.0 Å². The van der Waals surface area contributed by atoms with E-state index < -0.39 is 34.9 Å². The number of nitrogens with zero attached hydrogens (tertiary/aromatic N) is 2. The van der Waals surface area contributed by atoms with Gasteiger partial charge in [0.15, 0.2) is 0 Å². The average Bonchev–Trinajstić information content (AvgIpc) is 2.68. The number of fused-ring (bicyclic) bond motifs is 1. The van der Waals surface area contributed by atoms with Gasteiger partial charge in [-0.15, -0.1) is 0 Å². The Labute approximate surface area is 163 Å². The second-order valence-electron chi connectivity index (χ2n) is 6.52. The topological polar surface area (TPSA) is 87.2 Å². The number of alkyl halides is 3. The number of carbonyl (C=O) groups excluding carboxylic acids is 1. The van der Waals surface area contributed by atoms with Gasteiger partial charge in [-0.2, -0.15) is 13.2 Å². The molecule has 0 radical (unpaired) electrons. The molecule has 2 aromatic heterocycles. The smallest absolute Gasteiger partial charge is 0.417 e. The zero-order valence-corrected chi connectivity index (χ0v) is 15.7. The van der Waals surface area contributed by atoms with Crippen LogP contribution >= 0.6 is 0 Å². The van der Waals surface area contributed by atoms with Crippen molar-refractivity contribution in [1.29, 1.82) is 0 Å². The van der Waals surface area contributed by atoms with Crippen LogP contribution in [0.25, 0.3) is 22.0 Å². The number of hydrogen-bond acceptors (Lipinski definition) is 5. The summed E-state index contributed by atoms with van der Waals surface area (Å²) in [5.41, 5.74) is 4.60. The molecule has 0 bridgehead atoms. The molecule has 0 aliphatic carbocycles. The van der Waals surface area contributed by atoms with Crippen LogP contribution in [0, 0.1) is 0 Å². The van der Waals surface area contributed by atoms with E-state index in [1.54, 1.807) is 18.2 Å². The van der Waals surface area contributed by atoms with Crippen LogP contribution in [0.4, 0.5) is 13.2 Å².